The number of rotatable bonds is 7. The summed E-state index contributed by atoms with van der Waals surface area (Å²) in [5.41, 5.74) is 0. The Morgan fingerprint density at radius 1 is 1.10 bits per heavy atom. The highest BCUT2D eigenvalue weighted by Gasteiger charge is 1.88. The van der Waals surface area contributed by atoms with Crippen molar-refractivity contribution in [2.75, 3.05) is 30.1 Å². The highest BCUT2D eigenvalue weighted by molar-refractivity contribution is 7.99. The third-order valence-electron chi connectivity index (χ3n) is 1.08. The van der Waals surface area contributed by atoms with Crippen LogP contribution in [-0.4, -0.2) is 35.2 Å². The fraction of sp³-hybridized carbons (Fsp3) is 1.00. The van der Waals surface area contributed by atoms with Crippen molar-refractivity contribution in [1.82, 2.24) is 0 Å². The lowest BCUT2D eigenvalue weighted by atomic mass is 10.5. The van der Waals surface area contributed by atoms with E-state index in [0.717, 1.165) is 12.2 Å². The van der Waals surface area contributed by atoms with Crippen LogP contribution >= 0.6 is 23.5 Å². The third-order valence-corrected chi connectivity index (χ3v) is 2.94. The zero-order valence-corrected chi connectivity index (χ0v) is 8.14. The Balaban J connectivity index is 2.65. The van der Waals surface area contributed by atoms with Crippen molar-refractivity contribution in [3.63, 3.8) is 0 Å². The summed E-state index contributed by atoms with van der Waals surface area (Å²) in [4.78, 5) is 0. The molecule has 0 aliphatic carbocycles. The molecule has 0 aliphatic heterocycles. The topological polar surface area (TPSA) is 20.2 Å². The number of hydrogen-bond acceptors (Lipinski definition) is 3. The maximum absolute atomic E-state index is 8.45. The van der Waals surface area contributed by atoms with Crippen LogP contribution in [-0.2, 0) is 0 Å². The molecule has 0 aliphatic rings. The molecule has 0 aromatic heterocycles. The van der Waals surface area contributed by atoms with Crippen molar-refractivity contribution in [2.24, 2.45) is 0 Å². The molecule has 0 unspecified atom stereocenters. The van der Waals surface area contributed by atoms with Crippen LogP contribution in [0.2, 0.25) is 0 Å². The van der Waals surface area contributed by atoms with Crippen LogP contribution < -0.4 is 0 Å². The zero-order valence-electron chi connectivity index (χ0n) is 6.51. The van der Waals surface area contributed by atoms with Gasteiger partial charge in [0.15, 0.2) is 0 Å². The third kappa shape index (κ3) is 8.66. The molecule has 0 aromatic carbocycles. The fourth-order valence-electron chi connectivity index (χ4n) is 0.574. The van der Waals surface area contributed by atoms with Crippen LogP contribution in [0.3, 0.4) is 0 Å². The van der Waals surface area contributed by atoms with Crippen LogP contribution in [0.25, 0.3) is 0 Å². The van der Waals surface area contributed by atoms with Gasteiger partial charge in [0.25, 0.3) is 0 Å². The van der Waals surface area contributed by atoms with E-state index in [4.69, 9.17) is 5.11 Å². The number of hydrogen-bond donors (Lipinski definition) is 1. The van der Waals surface area contributed by atoms with Crippen molar-refractivity contribution in [1.29, 1.82) is 0 Å². The molecule has 0 rings (SSSR count). The van der Waals surface area contributed by atoms with Crippen LogP contribution in [0.4, 0.5) is 0 Å². The Kier molecular flexibility index (Phi) is 10.3. The second-order valence-electron chi connectivity index (χ2n) is 2.04. The first-order valence-electron chi connectivity index (χ1n) is 3.59. The van der Waals surface area contributed by atoms with Gasteiger partial charge in [-0.25, -0.2) is 0 Å². The smallest absolute Gasteiger partial charge is 0.0438 e. The van der Waals surface area contributed by atoms with Gasteiger partial charge in [0.05, 0.1) is 0 Å². The van der Waals surface area contributed by atoms with Crippen LogP contribution in [0.5, 0.6) is 0 Å². The highest BCUT2D eigenvalue weighted by Crippen LogP contribution is 2.06. The lowest BCUT2D eigenvalue weighted by Crippen LogP contribution is -1.88. The molecule has 0 saturated heterocycles. The Bertz CT molecular complexity index is 51.6. The van der Waals surface area contributed by atoms with Gasteiger partial charge in [-0.2, -0.15) is 23.5 Å². The lowest BCUT2D eigenvalue weighted by molar-refractivity contribution is 0.296. The van der Waals surface area contributed by atoms with E-state index in [0.29, 0.717) is 6.61 Å². The summed E-state index contributed by atoms with van der Waals surface area (Å²) in [5.74, 6) is 3.64. The van der Waals surface area contributed by atoms with E-state index in [2.05, 4.69) is 6.26 Å². The monoisotopic (exact) mass is 180 g/mol. The Morgan fingerprint density at radius 3 is 2.40 bits per heavy atom. The molecule has 0 aromatic rings. The molecule has 0 fully saturated rings. The van der Waals surface area contributed by atoms with E-state index >= 15 is 0 Å². The minimum Gasteiger partial charge on any atom is -0.396 e. The Morgan fingerprint density at radius 2 is 1.80 bits per heavy atom. The van der Waals surface area contributed by atoms with Crippen molar-refractivity contribution >= 4 is 23.5 Å². The second kappa shape index (κ2) is 9.66. The first-order chi connectivity index (χ1) is 4.91. The molecule has 0 spiro atoms. The average molecular weight is 180 g/mol. The molecule has 0 radical (unpaired) electrons. The van der Waals surface area contributed by atoms with Gasteiger partial charge >= 0.3 is 0 Å². The first-order valence-corrected chi connectivity index (χ1v) is 6.14. The quantitative estimate of drug-likeness (QED) is 0.604. The summed E-state index contributed by atoms with van der Waals surface area (Å²) in [7, 11) is 0. The summed E-state index contributed by atoms with van der Waals surface area (Å²) in [6, 6.07) is 0. The summed E-state index contributed by atoms with van der Waals surface area (Å²) in [6.45, 7) is 0.343. The average Bonchev–Trinajstić information content (AvgIpc) is 1.97. The number of aliphatic hydroxyl groups excluding tert-OH is 1. The van der Waals surface area contributed by atoms with Crippen molar-refractivity contribution in [2.45, 2.75) is 12.8 Å². The molecular weight excluding hydrogens is 164 g/mol. The van der Waals surface area contributed by atoms with Gasteiger partial charge in [-0.3, -0.25) is 0 Å². The second-order valence-corrected chi connectivity index (χ2v) is 4.25. The SMILES string of the molecule is CSCCCSCCCO. The maximum Gasteiger partial charge on any atom is 0.0438 e. The fourth-order valence-corrected chi connectivity index (χ4v) is 2.08. The van der Waals surface area contributed by atoms with Gasteiger partial charge in [-0.15, -0.1) is 0 Å². The van der Waals surface area contributed by atoms with Gasteiger partial charge in [-0.1, -0.05) is 0 Å². The first kappa shape index (κ1) is 10.7. The van der Waals surface area contributed by atoms with E-state index in [-0.39, 0.29) is 0 Å². The van der Waals surface area contributed by atoms with Crippen LogP contribution in [0.1, 0.15) is 12.8 Å². The van der Waals surface area contributed by atoms with Gasteiger partial charge < -0.3 is 5.11 Å². The van der Waals surface area contributed by atoms with E-state index in [1.807, 2.05) is 23.5 Å². The van der Waals surface area contributed by atoms with Crippen molar-refractivity contribution < 1.29 is 5.11 Å². The number of aliphatic hydroxyl groups is 1. The molecule has 10 heavy (non-hydrogen) atoms. The van der Waals surface area contributed by atoms with Gasteiger partial charge in [0.1, 0.15) is 0 Å². The molecule has 0 saturated carbocycles. The maximum atomic E-state index is 8.45. The Labute approximate surface area is 72.0 Å². The number of thioether (sulfide) groups is 2. The normalized spacial score (nSPS) is 10.2. The highest BCUT2D eigenvalue weighted by atomic mass is 32.2. The van der Waals surface area contributed by atoms with E-state index < -0.39 is 0 Å². The molecule has 0 heterocycles. The summed E-state index contributed by atoms with van der Waals surface area (Å²) in [6.07, 6.45) is 4.39. The van der Waals surface area contributed by atoms with E-state index in [1.165, 1.54) is 17.9 Å². The minimum absolute atomic E-state index is 0.343. The van der Waals surface area contributed by atoms with Gasteiger partial charge in [0.2, 0.25) is 0 Å². The van der Waals surface area contributed by atoms with Gasteiger partial charge in [-0.05, 0) is 36.4 Å². The molecule has 0 atom stereocenters. The largest absolute Gasteiger partial charge is 0.396 e. The summed E-state index contributed by atoms with van der Waals surface area (Å²) in [5, 5.41) is 8.45. The van der Waals surface area contributed by atoms with E-state index in [9.17, 15) is 0 Å². The van der Waals surface area contributed by atoms with Crippen LogP contribution in [0, 0.1) is 0 Å². The molecule has 1 nitrogen and oxygen atoms in total. The molecular formula is C7H16OS2. The zero-order chi connectivity index (χ0) is 7.66. The lowest BCUT2D eigenvalue weighted by Gasteiger charge is -1.97. The van der Waals surface area contributed by atoms with E-state index in [1.54, 1.807) is 0 Å². The molecule has 0 bridgehead atoms. The Hall–Kier alpha value is 0.660. The molecule has 0 amide bonds. The molecule has 1 N–H and O–H groups in total. The molecule has 62 valence electrons. The summed E-state index contributed by atoms with van der Waals surface area (Å²) >= 11 is 3.85. The standard InChI is InChI=1S/C7H16OS2/c1-9-5-3-7-10-6-2-4-8/h8H,2-7H2,1H3. The predicted octanol–water partition coefficient (Wildman–Crippen LogP) is 1.86. The van der Waals surface area contributed by atoms with Gasteiger partial charge in [0, 0.05) is 6.61 Å². The van der Waals surface area contributed by atoms with Crippen molar-refractivity contribution in [3.05, 3.63) is 0 Å². The molecule has 3 heteroatoms. The van der Waals surface area contributed by atoms with Crippen LogP contribution in [0.15, 0.2) is 0 Å². The van der Waals surface area contributed by atoms with Crippen molar-refractivity contribution in [3.8, 4) is 0 Å². The predicted molar refractivity (Wildman–Crippen MR) is 52.0 cm³/mol. The minimum atomic E-state index is 0.343. The summed E-state index contributed by atoms with van der Waals surface area (Å²) < 4.78 is 0.